The number of rotatable bonds is 5. The zero-order chi connectivity index (χ0) is 12.2. The van der Waals surface area contributed by atoms with Crippen LogP contribution in [0.2, 0.25) is 0 Å². The number of thioether (sulfide) groups is 1. The minimum Gasteiger partial charge on any atom is -0.497 e. The Kier molecular flexibility index (Phi) is 4.74. The minimum absolute atomic E-state index is 0.739. The molecule has 0 fully saturated rings. The molecule has 0 spiro atoms. The van der Waals surface area contributed by atoms with Crippen molar-refractivity contribution in [2.24, 2.45) is 0 Å². The van der Waals surface area contributed by atoms with Crippen LogP contribution in [0.25, 0.3) is 0 Å². The molecule has 0 saturated carbocycles. The molecule has 0 aliphatic heterocycles. The van der Waals surface area contributed by atoms with Gasteiger partial charge in [-0.3, -0.25) is 0 Å². The molecule has 0 aliphatic rings. The molecule has 0 saturated heterocycles. The summed E-state index contributed by atoms with van der Waals surface area (Å²) < 4.78 is 20.5. The van der Waals surface area contributed by atoms with Crippen LogP contribution in [0.1, 0.15) is 13.8 Å². The van der Waals surface area contributed by atoms with Gasteiger partial charge in [0, 0.05) is 9.46 Å². The largest absolute Gasteiger partial charge is 0.696 e. The molecule has 1 aromatic rings. The van der Waals surface area contributed by atoms with Gasteiger partial charge in [0.25, 0.3) is 0 Å². The van der Waals surface area contributed by atoms with Gasteiger partial charge >= 0.3 is 8.25 Å². The molecule has 0 amide bonds. The van der Waals surface area contributed by atoms with Gasteiger partial charge in [0.2, 0.25) is 0 Å². The highest BCUT2D eigenvalue weighted by Gasteiger charge is 2.31. The predicted molar refractivity (Wildman–Crippen MR) is 63.8 cm³/mol. The minimum atomic E-state index is -2.59. The van der Waals surface area contributed by atoms with E-state index in [-0.39, 0.29) is 0 Å². The molecular weight excluding hydrogens is 247 g/mol. The van der Waals surface area contributed by atoms with E-state index in [9.17, 15) is 4.57 Å². The highest BCUT2D eigenvalue weighted by molar-refractivity contribution is 8.00. The molecule has 1 atom stereocenters. The molecule has 0 bridgehead atoms. The SMILES string of the molecule is COc1ccc(SC(C)(C)O[P+](=O)O)cc1. The third-order valence-corrected chi connectivity index (χ3v) is 3.54. The molecule has 16 heavy (non-hydrogen) atoms. The molecule has 1 unspecified atom stereocenters. The Labute approximate surface area is 99.9 Å². The summed E-state index contributed by atoms with van der Waals surface area (Å²) >= 11 is 1.37. The average Bonchev–Trinajstić information content (AvgIpc) is 2.16. The lowest BCUT2D eigenvalue weighted by molar-refractivity contribution is 0.192. The molecule has 6 heteroatoms. The molecule has 88 valence electrons. The van der Waals surface area contributed by atoms with Gasteiger partial charge in [-0.1, -0.05) is 11.8 Å². The van der Waals surface area contributed by atoms with Crippen molar-refractivity contribution in [3.63, 3.8) is 0 Å². The van der Waals surface area contributed by atoms with E-state index in [0.29, 0.717) is 0 Å². The lowest BCUT2D eigenvalue weighted by atomic mass is 10.3. The Hall–Kier alpha value is -0.610. The van der Waals surface area contributed by atoms with E-state index in [0.717, 1.165) is 10.6 Å². The van der Waals surface area contributed by atoms with Crippen molar-refractivity contribution in [2.75, 3.05) is 7.11 Å². The third kappa shape index (κ3) is 4.49. The van der Waals surface area contributed by atoms with Crippen molar-refractivity contribution < 1.29 is 18.7 Å². The van der Waals surface area contributed by atoms with E-state index < -0.39 is 13.2 Å². The summed E-state index contributed by atoms with van der Waals surface area (Å²) in [4.78, 5) is 8.91. The maximum absolute atomic E-state index is 10.6. The van der Waals surface area contributed by atoms with E-state index in [1.54, 1.807) is 21.0 Å². The topological polar surface area (TPSA) is 55.8 Å². The van der Waals surface area contributed by atoms with Crippen LogP contribution in [0.3, 0.4) is 0 Å². The normalized spacial score (nSPS) is 12.4. The van der Waals surface area contributed by atoms with Crippen molar-refractivity contribution >= 4 is 20.0 Å². The first-order chi connectivity index (χ1) is 7.43. The molecule has 4 nitrogen and oxygen atoms in total. The van der Waals surface area contributed by atoms with Crippen LogP contribution in [0, 0.1) is 0 Å². The second-order valence-corrected chi connectivity index (χ2v) is 5.82. The lowest BCUT2D eigenvalue weighted by Crippen LogP contribution is -2.15. The molecule has 0 aliphatic carbocycles. The van der Waals surface area contributed by atoms with Gasteiger partial charge in [-0.05, 0) is 38.1 Å². The summed E-state index contributed by atoms with van der Waals surface area (Å²) in [7, 11) is -0.987. The van der Waals surface area contributed by atoms with Crippen LogP contribution in [0.4, 0.5) is 0 Å². The summed E-state index contributed by atoms with van der Waals surface area (Å²) in [6.45, 7) is 3.48. The van der Waals surface area contributed by atoms with Gasteiger partial charge in [-0.2, -0.15) is 0 Å². The summed E-state index contributed by atoms with van der Waals surface area (Å²) in [5, 5.41) is 0. The van der Waals surface area contributed by atoms with Crippen LogP contribution in [0.5, 0.6) is 5.75 Å². The van der Waals surface area contributed by atoms with E-state index >= 15 is 0 Å². The lowest BCUT2D eigenvalue weighted by Gasteiger charge is -2.16. The molecule has 1 rings (SSSR count). The third-order valence-electron chi connectivity index (χ3n) is 1.72. The maximum Gasteiger partial charge on any atom is 0.696 e. The van der Waals surface area contributed by atoms with Crippen molar-refractivity contribution in [3.05, 3.63) is 24.3 Å². The van der Waals surface area contributed by atoms with Crippen molar-refractivity contribution in [1.82, 2.24) is 0 Å². The van der Waals surface area contributed by atoms with Crippen LogP contribution in [-0.4, -0.2) is 16.9 Å². The number of hydrogen-bond acceptors (Lipinski definition) is 4. The van der Waals surface area contributed by atoms with Gasteiger partial charge in [-0.25, -0.2) is 0 Å². The van der Waals surface area contributed by atoms with Crippen LogP contribution >= 0.6 is 20.0 Å². The smallest absolute Gasteiger partial charge is 0.497 e. The van der Waals surface area contributed by atoms with E-state index in [4.69, 9.17) is 14.2 Å². The molecule has 1 N–H and O–H groups in total. The first-order valence-electron chi connectivity index (χ1n) is 4.61. The number of methoxy groups -OCH3 is 1. The highest BCUT2D eigenvalue weighted by Crippen LogP contribution is 2.39. The van der Waals surface area contributed by atoms with Gasteiger partial charge in [0.05, 0.1) is 7.11 Å². The van der Waals surface area contributed by atoms with Gasteiger partial charge < -0.3 is 4.74 Å². The Bertz CT molecular complexity index is 364. The summed E-state index contributed by atoms with van der Waals surface area (Å²) in [6, 6.07) is 7.41. The molecule has 0 aromatic heterocycles. The Morgan fingerprint density at radius 2 is 1.88 bits per heavy atom. The second kappa shape index (κ2) is 5.64. The Morgan fingerprint density at radius 1 is 1.31 bits per heavy atom. The quantitative estimate of drug-likeness (QED) is 0.501. The van der Waals surface area contributed by atoms with Crippen LogP contribution < -0.4 is 4.74 Å². The van der Waals surface area contributed by atoms with E-state index in [1.807, 2.05) is 24.3 Å². The summed E-state index contributed by atoms with van der Waals surface area (Å²) in [5.41, 5.74) is 0. The predicted octanol–water partition coefficient (Wildman–Crippen LogP) is 3.19. The zero-order valence-corrected chi connectivity index (χ0v) is 11.0. The van der Waals surface area contributed by atoms with Crippen molar-refractivity contribution in [2.45, 2.75) is 23.7 Å². The molecule has 0 radical (unpaired) electrons. The number of ether oxygens (including phenoxy) is 1. The number of benzene rings is 1. The standard InChI is InChI=1S/C10H13O4PS/c1-10(2,14-15(11)12)16-9-6-4-8(13-3)5-7-9/h4-7H,1-3H3/p+1. The first-order valence-corrected chi connectivity index (χ1v) is 6.56. The average molecular weight is 261 g/mol. The fourth-order valence-electron chi connectivity index (χ4n) is 1.13. The molecular formula is C10H14O4PS+. The molecule has 0 heterocycles. The van der Waals surface area contributed by atoms with Gasteiger partial charge in [0.15, 0.2) is 4.93 Å². The van der Waals surface area contributed by atoms with Gasteiger partial charge in [0.1, 0.15) is 5.75 Å². The van der Waals surface area contributed by atoms with Crippen LogP contribution in [-0.2, 0) is 9.09 Å². The van der Waals surface area contributed by atoms with Crippen LogP contribution in [0.15, 0.2) is 29.2 Å². The fourth-order valence-corrected chi connectivity index (χ4v) is 2.69. The fraction of sp³-hybridized carbons (Fsp3) is 0.400. The van der Waals surface area contributed by atoms with E-state index in [2.05, 4.69) is 0 Å². The van der Waals surface area contributed by atoms with E-state index in [1.165, 1.54) is 11.8 Å². The summed E-state index contributed by atoms with van der Waals surface area (Å²) in [5.74, 6) is 0.774. The monoisotopic (exact) mass is 261 g/mol. The maximum atomic E-state index is 10.6. The first kappa shape index (κ1) is 13.5. The summed E-state index contributed by atoms with van der Waals surface area (Å²) in [6.07, 6.45) is 0. The van der Waals surface area contributed by atoms with Crippen molar-refractivity contribution in [3.8, 4) is 5.75 Å². The van der Waals surface area contributed by atoms with Gasteiger partial charge in [-0.15, -0.1) is 9.42 Å². The second-order valence-electron chi connectivity index (χ2n) is 3.51. The Morgan fingerprint density at radius 3 is 2.31 bits per heavy atom. The zero-order valence-electron chi connectivity index (χ0n) is 9.34. The Balaban J connectivity index is 2.68. The van der Waals surface area contributed by atoms with Crippen molar-refractivity contribution in [1.29, 1.82) is 0 Å². The highest BCUT2D eigenvalue weighted by atomic mass is 32.2. The number of hydrogen-bond donors (Lipinski definition) is 1. The molecule has 1 aromatic carbocycles.